The number of nitrogens with one attached hydrogen (secondary N) is 1. The van der Waals surface area contributed by atoms with Crippen molar-refractivity contribution < 1.29 is 9.47 Å². The Bertz CT molecular complexity index is 317. The third kappa shape index (κ3) is 3.03. The number of aromatic nitrogens is 2. The number of hydrogen-bond acceptors (Lipinski definition) is 6. The SMILES string of the molecule is Nc1ccnc(OCCNC2COC2)n1. The maximum Gasteiger partial charge on any atom is 0.318 e. The monoisotopic (exact) mass is 210 g/mol. The molecular formula is C9H14N4O2. The Balaban J connectivity index is 1.64. The molecule has 1 fully saturated rings. The number of nitrogens with zero attached hydrogens (tertiary/aromatic N) is 2. The summed E-state index contributed by atoms with van der Waals surface area (Å²) in [7, 11) is 0. The lowest BCUT2D eigenvalue weighted by Gasteiger charge is -2.26. The summed E-state index contributed by atoms with van der Waals surface area (Å²) in [6.45, 7) is 2.86. The lowest BCUT2D eigenvalue weighted by Crippen LogP contribution is -2.47. The van der Waals surface area contributed by atoms with Crippen molar-refractivity contribution in [1.29, 1.82) is 0 Å². The van der Waals surface area contributed by atoms with E-state index in [2.05, 4.69) is 15.3 Å². The van der Waals surface area contributed by atoms with Crippen LogP contribution in [0.5, 0.6) is 6.01 Å². The van der Waals surface area contributed by atoms with E-state index in [0.717, 1.165) is 19.8 Å². The summed E-state index contributed by atoms with van der Waals surface area (Å²) in [5.74, 6) is 0.417. The molecule has 0 unspecified atom stereocenters. The molecule has 1 saturated heterocycles. The topological polar surface area (TPSA) is 82.3 Å². The first kappa shape index (κ1) is 10.1. The molecule has 2 rings (SSSR count). The molecule has 0 bridgehead atoms. The average molecular weight is 210 g/mol. The third-order valence-corrected chi connectivity index (χ3v) is 2.06. The lowest BCUT2D eigenvalue weighted by atomic mass is 10.2. The van der Waals surface area contributed by atoms with E-state index >= 15 is 0 Å². The molecule has 0 amide bonds. The van der Waals surface area contributed by atoms with Gasteiger partial charge in [0.05, 0.1) is 19.3 Å². The minimum atomic E-state index is 0.321. The van der Waals surface area contributed by atoms with E-state index in [-0.39, 0.29) is 0 Å². The smallest absolute Gasteiger partial charge is 0.318 e. The summed E-state index contributed by atoms with van der Waals surface area (Å²) < 4.78 is 10.3. The van der Waals surface area contributed by atoms with Gasteiger partial charge < -0.3 is 20.5 Å². The highest BCUT2D eigenvalue weighted by molar-refractivity contribution is 5.26. The van der Waals surface area contributed by atoms with Crippen molar-refractivity contribution in [3.8, 4) is 6.01 Å². The van der Waals surface area contributed by atoms with E-state index in [1.54, 1.807) is 12.3 Å². The molecule has 0 saturated carbocycles. The molecule has 1 aliphatic rings. The van der Waals surface area contributed by atoms with E-state index in [1.807, 2.05) is 0 Å². The van der Waals surface area contributed by atoms with Gasteiger partial charge in [0.2, 0.25) is 0 Å². The highest BCUT2D eigenvalue weighted by atomic mass is 16.5. The van der Waals surface area contributed by atoms with Crippen molar-refractivity contribution in [3.05, 3.63) is 12.3 Å². The van der Waals surface area contributed by atoms with Crippen molar-refractivity contribution in [1.82, 2.24) is 15.3 Å². The van der Waals surface area contributed by atoms with Gasteiger partial charge in [0.25, 0.3) is 0 Å². The highest BCUT2D eigenvalue weighted by Crippen LogP contribution is 2.03. The van der Waals surface area contributed by atoms with Crippen LogP contribution in [0.1, 0.15) is 0 Å². The van der Waals surface area contributed by atoms with Gasteiger partial charge in [-0.1, -0.05) is 0 Å². The molecule has 3 N–H and O–H groups in total. The Morgan fingerprint density at radius 3 is 3.13 bits per heavy atom. The Kier molecular flexibility index (Phi) is 3.31. The molecule has 0 radical (unpaired) electrons. The maximum absolute atomic E-state index is 5.48. The molecule has 1 aliphatic heterocycles. The maximum atomic E-state index is 5.48. The summed E-state index contributed by atoms with van der Waals surface area (Å²) in [4.78, 5) is 7.84. The molecule has 0 aliphatic carbocycles. The van der Waals surface area contributed by atoms with Crippen molar-refractivity contribution in [2.75, 3.05) is 32.1 Å². The van der Waals surface area contributed by atoms with Crippen molar-refractivity contribution in [2.45, 2.75) is 6.04 Å². The van der Waals surface area contributed by atoms with Gasteiger partial charge in [-0.2, -0.15) is 4.98 Å². The first-order valence-electron chi connectivity index (χ1n) is 4.87. The van der Waals surface area contributed by atoms with E-state index < -0.39 is 0 Å². The summed E-state index contributed by atoms with van der Waals surface area (Å²) in [6, 6.07) is 2.41. The number of nitrogens with two attached hydrogens (primary N) is 1. The normalized spacial score (nSPS) is 16.0. The fourth-order valence-electron chi connectivity index (χ4n) is 1.18. The van der Waals surface area contributed by atoms with Gasteiger partial charge in [-0.05, 0) is 6.07 Å². The van der Waals surface area contributed by atoms with Crippen LogP contribution in [-0.2, 0) is 4.74 Å². The first-order valence-corrected chi connectivity index (χ1v) is 4.87. The van der Waals surface area contributed by atoms with Gasteiger partial charge in [0.1, 0.15) is 12.4 Å². The van der Waals surface area contributed by atoms with Gasteiger partial charge in [-0.15, -0.1) is 0 Å². The Morgan fingerprint density at radius 1 is 1.60 bits per heavy atom. The molecule has 2 heterocycles. The van der Waals surface area contributed by atoms with Crippen LogP contribution >= 0.6 is 0 Å². The van der Waals surface area contributed by atoms with E-state index in [4.69, 9.17) is 15.2 Å². The first-order chi connectivity index (χ1) is 7.34. The largest absolute Gasteiger partial charge is 0.462 e. The molecule has 0 atom stereocenters. The summed E-state index contributed by atoms with van der Waals surface area (Å²) in [6.07, 6.45) is 1.57. The van der Waals surface area contributed by atoms with Gasteiger partial charge in [-0.3, -0.25) is 0 Å². The molecule has 0 aromatic carbocycles. The van der Waals surface area contributed by atoms with Gasteiger partial charge in [0.15, 0.2) is 0 Å². The van der Waals surface area contributed by atoms with Gasteiger partial charge in [-0.25, -0.2) is 4.98 Å². The van der Waals surface area contributed by atoms with Gasteiger partial charge >= 0.3 is 6.01 Å². The van der Waals surface area contributed by atoms with Crippen molar-refractivity contribution in [2.24, 2.45) is 0 Å². The molecular weight excluding hydrogens is 196 g/mol. The minimum Gasteiger partial charge on any atom is -0.462 e. The summed E-state index contributed by atoms with van der Waals surface area (Å²) >= 11 is 0. The van der Waals surface area contributed by atoms with Crippen LogP contribution in [0.2, 0.25) is 0 Å². The number of hydrogen-bond donors (Lipinski definition) is 2. The second-order valence-electron chi connectivity index (χ2n) is 3.30. The van der Waals surface area contributed by atoms with Crippen LogP contribution in [0.3, 0.4) is 0 Å². The number of nitrogen functional groups attached to an aromatic ring is 1. The van der Waals surface area contributed by atoms with Crippen LogP contribution < -0.4 is 15.8 Å². The number of rotatable bonds is 5. The van der Waals surface area contributed by atoms with E-state index in [0.29, 0.717) is 24.5 Å². The summed E-state index contributed by atoms with van der Waals surface area (Å²) in [5, 5.41) is 3.27. The Hall–Kier alpha value is -1.40. The second-order valence-corrected chi connectivity index (χ2v) is 3.30. The van der Waals surface area contributed by atoms with E-state index in [1.165, 1.54) is 0 Å². The van der Waals surface area contributed by atoms with Crippen LogP contribution in [0.4, 0.5) is 5.82 Å². The number of anilines is 1. The third-order valence-electron chi connectivity index (χ3n) is 2.06. The molecule has 6 nitrogen and oxygen atoms in total. The zero-order chi connectivity index (χ0) is 10.5. The zero-order valence-electron chi connectivity index (χ0n) is 8.35. The predicted octanol–water partition coefficient (Wildman–Crippen LogP) is -0.574. The van der Waals surface area contributed by atoms with Crippen molar-refractivity contribution >= 4 is 5.82 Å². The Morgan fingerprint density at radius 2 is 2.47 bits per heavy atom. The Labute approximate surface area is 87.8 Å². The molecule has 1 aromatic rings. The van der Waals surface area contributed by atoms with Crippen LogP contribution in [0.25, 0.3) is 0 Å². The van der Waals surface area contributed by atoms with Crippen LogP contribution in [-0.4, -0.2) is 42.4 Å². The highest BCUT2D eigenvalue weighted by Gasteiger charge is 2.16. The molecule has 6 heteroatoms. The van der Waals surface area contributed by atoms with Gasteiger partial charge in [0, 0.05) is 12.7 Å². The molecule has 15 heavy (non-hydrogen) atoms. The van der Waals surface area contributed by atoms with Crippen molar-refractivity contribution in [3.63, 3.8) is 0 Å². The quantitative estimate of drug-likeness (QED) is 0.633. The standard InChI is InChI=1S/C9H14N4O2/c10-8-1-2-12-9(13-8)15-4-3-11-7-5-14-6-7/h1-2,7,11H,3-6H2,(H2,10,12,13). The summed E-state index contributed by atoms with van der Waals surface area (Å²) in [5.41, 5.74) is 5.48. The van der Waals surface area contributed by atoms with Crippen LogP contribution in [0.15, 0.2) is 12.3 Å². The molecule has 1 aromatic heterocycles. The number of ether oxygens (including phenoxy) is 2. The minimum absolute atomic E-state index is 0.321. The predicted molar refractivity (Wildman–Crippen MR) is 54.5 cm³/mol. The van der Waals surface area contributed by atoms with Crippen LogP contribution in [0, 0.1) is 0 Å². The molecule has 82 valence electrons. The zero-order valence-corrected chi connectivity index (χ0v) is 8.35. The molecule has 0 spiro atoms. The van der Waals surface area contributed by atoms with E-state index in [9.17, 15) is 0 Å². The second kappa shape index (κ2) is 4.90. The average Bonchev–Trinajstić information content (AvgIpc) is 2.15. The fraction of sp³-hybridized carbons (Fsp3) is 0.556. The fourth-order valence-corrected chi connectivity index (χ4v) is 1.18. The lowest BCUT2D eigenvalue weighted by molar-refractivity contribution is -0.00605.